The van der Waals surface area contributed by atoms with Crippen molar-refractivity contribution in [1.29, 1.82) is 0 Å². The number of thioether (sulfide) groups is 1. The quantitative estimate of drug-likeness (QED) is 0.894. The first-order valence-corrected chi connectivity index (χ1v) is 8.17. The summed E-state index contributed by atoms with van der Waals surface area (Å²) >= 11 is 1.64. The van der Waals surface area contributed by atoms with Crippen LogP contribution in [0, 0.1) is 11.2 Å². The van der Waals surface area contributed by atoms with E-state index >= 15 is 0 Å². The normalized spacial score (nSPS) is 19.2. The number of hydrogen-bond donors (Lipinski definition) is 1. The summed E-state index contributed by atoms with van der Waals surface area (Å²) < 4.78 is 13.8. The molecule has 0 saturated carbocycles. The molecule has 2 nitrogen and oxygen atoms in total. The predicted octanol–water partition coefficient (Wildman–Crippen LogP) is 3.54. The van der Waals surface area contributed by atoms with Crippen LogP contribution < -0.4 is 5.32 Å². The molecule has 4 heteroatoms. The molecule has 0 aliphatic carbocycles. The third kappa shape index (κ3) is 3.96. The molecule has 0 spiro atoms. The Morgan fingerprint density at radius 3 is 2.85 bits per heavy atom. The molecule has 0 radical (unpaired) electrons. The number of hydrogen-bond acceptors (Lipinski definition) is 3. The topological polar surface area (TPSA) is 15.3 Å². The Morgan fingerprint density at radius 2 is 2.15 bits per heavy atom. The zero-order valence-corrected chi connectivity index (χ0v) is 13.7. The number of rotatable bonds is 5. The summed E-state index contributed by atoms with van der Waals surface area (Å²) in [5, 5.41) is 3.64. The first-order chi connectivity index (χ1) is 9.39. The average Bonchev–Trinajstić information content (AvgIpc) is 2.35. The molecular formula is C16H25FN2S. The second-order valence-corrected chi connectivity index (χ2v) is 7.74. The van der Waals surface area contributed by atoms with Crippen molar-refractivity contribution in [2.24, 2.45) is 5.41 Å². The standard InChI is InChI=1S/C16H25FN2S/c1-16(2,11-19(3)4)10-18-14-8-9-20-15-12(14)6-5-7-13(15)17/h5-7,14,18H,8-11H2,1-4H3. The Balaban J connectivity index is 2.04. The number of fused-ring (bicyclic) bond motifs is 1. The SMILES string of the molecule is CN(C)CC(C)(C)CNC1CCSc2c(F)cccc21. The van der Waals surface area contributed by atoms with E-state index in [-0.39, 0.29) is 17.3 Å². The fourth-order valence-corrected chi connectivity index (χ4v) is 4.05. The maximum Gasteiger partial charge on any atom is 0.137 e. The van der Waals surface area contributed by atoms with Gasteiger partial charge in [-0.2, -0.15) is 0 Å². The fourth-order valence-electron chi connectivity index (χ4n) is 2.91. The number of halogens is 1. The largest absolute Gasteiger partial charge is 0.309 e. The summed E-state index contributed by atoms with van der Waals surface area (Å²) in [6, 6.07) is 5.72. The van der Waals surface area contributed by atoms with Crippen molar-refractivity contribution < 1.29 is 4.39 Å². The maximum atomic E-state index is 13.8. The summed E-state index contributed by atoms with van der Waals surface area (Å²) in [7, 11) is 4.20. The van der Waals surface area contributed by atoms with E-state index in [0.29, 0.717) is 0 Å². The maximum absolute atomic E-state index is 13.8. The van der Waals surface area contributed by atoms with Crippen LogP contribution in [0.25, 0.3) is 0 Å². The van der Waals surface area contributed by atoms with Gasteiger partial charge in [0.2, 0.25) is 0 Å². The summed E-state index contributed by atoms with van der Waals surface area (Å²) in [5.74, 6) is 0.909. The molecule has 0 fully saturated rings. The minimum atomic E-state index is -0.0773. The Labute approximate surface area is 126 Å². The van der Waals surface area contributed by atoms with Crippen molar-refractivity contribution in [3.05, 3.63) is 29.6 Å². The van der Waals surface area contributed by atoms with Gasteiger partial charge in [0.1, 0.15) is 5.82 Å². The summed E-state index contributed by atoms with van der Waals surface area (Å²) in [5.41, 5.74) is 1.34. The highest BCUT2D eigenvalue weighted by molar-refractivity contribution is 7.99. The molecule has 1 atom stereocenters. The van der Waals surface area contributed by atoms with Crippen LogP contribution in [-0.2, 0) is 0 Å². The second-order valence-electron chi connectivity index (χ2n) is 6.63. The monoisotopic (exact) mass is 296 g/mol. The van der Waals surface area contributed by atoms with Crippen molar-refractivity contribution in [1.82, 2.24) is 10.2 Å². The average molecular weight is 296 g/mol. The van der Waals surface area contributed by atoms with Crippen molar-refractivity contribution in [3.8, 4) is 0 Å². The van der Waals surface area contributed by atoms with Gasteiger partial charge < -0.3 is 10.2 Å². The van der Waals surface area contributed by atoms with E-state index in [1.54, 1.807) is 17.8 Å². The van der Waals surface area contributed by atoms with Crippen LogP contribution >= 0.6 is 11.8 Å². The van der Waals surface area contributed by atoms with Crippen LogP contribution in [0.15, 0.2) is 23.1 Å². The minimum Gasteiger partial charge on any atom is -0.309 e. The van der Waals surface area contributed by atoms with Gasteiger partial charge >= 0.3 is 0 Å². The van der Waals surface area contributed by atoms with Crippen LogP contribution in [0.2, 0.25) is 0 Å². The van der Waals surface area contributed by atoms with Gasteiger partial charge in [-0.1, -0.05) is 26.0 Å². The Kier molecular flexibility index (Phi) is 5.10. The molecule has 20 heavy (non-hydrogen) atoms. The van der Waals surface area contributed by atoms with Crippen LogP contribution in [0.4, 0.5) is 4.39 Å². The van der Waals surface area contributed by atoms with Crippen molar-refractivity contribution >= 4 is 11.8 Å². The molecule has 1 aromatic rings. The fraction of sp³-hybridized carbons (Fsp3) is 0.625. The van der Waals surface area contributed by atoms with Crippen LogP contribution in [0.3, 0.4) is 0 Å². The van der Waals surface area contributed by atoms with Crippen LogP contribution in [0.5, 0.6) is 0 Å². The number of nitrogens with zero attached hydrogens (tertiary/aromatic N) is 1. The molecule has 1 N–H and O–H groups in total. The summed E-state index contributed by atoms with van der Waals surface area (Å²) in [4.78, 5) is 3.05. The molecule has 1 aliphatic rings. The molecule has 1 aliphatic heterocycles. The molecule has 112 valence electrons. The van der Waals surface area contributed by atoms with Gasteiger partial charge in [0.15, 0.2) is 0 Å². The van der Waals surface area contributed by atoms with E-state index in [1.807, 2.05) is 6.07 Å². The zero-order valence-electron chi connectivity index (χ0n) is 12.9. The predicted molar refractivity (Wildman–Crippen MR) is 84.8 cm³/mol. The first-order valence-electron chi connectivity index (χ1n) is 7.18. The molecule has 1 unspecified atom stereocenters. The van der Waals surface area contributed by atoms with E-state index < -0.39 is 0 Å². The molecule has 1 heterocycles. The molecule has 0 amide bonds. The Morgan fingerprint density at radius 1 is 1.40 bits per heavy atom. The van der Waals surface area contributed by atoms with Crippen molar-refractivity contribution in [2.45, 2.75) is 31.2 Å². The van der Waals surface area contributed by atoms with Gasteiger partial charge in [-0.25, -0.2) is 4.39 Å². The highest BCUT2D eigenvalue weighted by atomic mass is 32.2. The van der Waals surface area contributed by atoms with E-state index in [9.17, 15) is 4.39 Å². The molecule has 2 rings (SSSR count). The third-order valence-corrected chi connectivity index (χ3v) is 4.76. The van der Waals surface area contributed by atoms with Crippen molar-refractivity contribution in [2.75, 3.05) is 32.9 Å². The summed E-state index contributed by atoms with van der Waals surface area (Å²) in [6.07, 6.45) is 1.07. The van der Waals surface area contributed by atoms with Gasteiger partial charge in [0.05, 0.1) is 0 Å². The molecular weight excluding hydrogens is 271 g/mol. The van der Waals surface area contributed by atoms with E-state index in [1.165, 1.54) is 0 Å². The molecule has 0 saturated heterocycles. The smallest absolute Gasteiger partial charge is 0.137 e. The zero-order chi connectivity index (χ0) is 14.8. The minimum absolute atomic E-state index is 0.0773. The number of nitrogens with one attached hydrogen (secondary N) is 1. The van der Waals surface area contributed by atoms with Gasteiger partial charge in [0, 0.05) is 24.0 Å². The lowest BCUT2D eigenvalue weighted by Crippen LogP contribution is -2.39. The lowest BCUT2D eigenvalue weighted by Gasteiger charge is -2.33. The van der Waals surface area contributed by atoms with E-state index in [2.05, 4.69) is 44.2 Å². The summed E-state index contributed by atoms with van der Waals surface area (Å²) in [6.45, 7) is 6.52. The Bertz CT molecular complexity index is 460. The number of benzene rings is 1. The lowest BCUT2D eigenvalue weighted by atomic mass is 9.91. The molecule has 0 bridgehead atoms. The van der Waals surface area contributed by atoms with Gasteiger partial charge in [-0.15, -0.1) is 11.8 Å². The van der Waals surface area contributed by atoms with Crippen LogP contribution in [0.1, 0.15) is 31.9 Å². The van der Waals surface area contributed by atoms with Gasteiger partial charge in [-0.3, -0.25) is 0 Å². The highest BCUT2D eigenvalue weighted by Crippen LogP contribution is 2.38. The van der Waals surface area contributed by atoms with Crippen LogP contribution in [-0.4, -0.2) is 37.8 Å². The first kappa shape index (κ1) is 15.8. The van der Waals surface area contributed by atoms with Gasteiger partial charge in [0.25, 0.3) is 0 Å². The third-order valence-electron chi connectivity index (χ3n) is 3.60. The van der Waals surface area contributed by atoms with Crippen molar-refractivity contribution in [3.63, 3.8) is 0 Å². The van der Waals surface area contributed by atoms with E-state index in [4.69, 9.17) is 0 Å². The highest BCUT2D eigenvalue weighted by Gasteiger charge is 2.25. The van der Waals surface area contributed by atoms with Gasteiger partial charge in [-0.05, 0) is 43.3 Å². The molecule has 0 aromatic heterocycles. The lowest BCUT2D eigenvalue weighted by molar-refractivity contribution is 0.224. The Hall–Kier alpha value is -0.580. The molecule has 1 aromatic carbocycles. The van der Waals surface area contributed by atoms with E-state index in [0.717, 1.165) is 35.7 Å². The second kappa shape index (κ2) is 6.46.